The van der Waals surface area contributed by atoms with Crippen LogP contribution >= 0.6 is 0 Å². The molecular formula is C14H15F3N2O4S. The van der Waals surface area contributed by atoms with Gasteiger partial charge in [0.2, 0.25) is 15.9 Å². The summed E-state index contributed by atoms with van der Waals surface area (Å²) in [4.78, 5) is 13.1. The van der Waals surface area contributed by atoms with Crippen molar-refractivity contribution in [1.29, 1.82) is 0 Å². The number of rotatable bonds is 2. The van der Waals surface area contributed by atoms with E-state index in [2.05, 4.69) is 0 Å². The number of hydrogen-bond donors (Lipinski definition) is 0. The van der Waals surface area contributed by atoms with Crippen LogP contribution in [0.3, 0.4) is 0 Å². The molecule has 24 heavy (non-hydrogen) atoms. The molecule has 0 spiro atoms. The molecule has 1 atom stereocenters. The van der Waals surface area contributed by atoms with Crippen molar-refractivity contribution in [2.75, 3.05) is 32.8 Å². The minimum absolute atomic E-state index is 0.0118. The SMILES string of the molecule is O=C1COC[C@@H]2CN(S(=O)(=O)c3ccc(C(F)(F)F)cc3)CCN12. The summed E-state index contributed by atoms with van der Waals surface area (Å²) in [5.41, 5.74) is -0.905. The molecule has 10 heteroatoms. The van der Waals surface area contributed by atoms with Gasteiger partial charge in [-0.2, -0.15) is 17.5 Å². The molecule has 0 aliphatic carbocycles. The van der Waals surface area contributed by atoms with E-state index in [4.69, 9.17) is 4.74 Å². The second-order valence-electron chi connectivity index (χ2n) is 5.64. The topological polar surface area (TPSA) is 66.9 Å². The lowest BCUT2D eigenvalue weighted by Gasteiger charge is -2.42. The van der Waals surface area contributed by atoms with Gasteiger partial charge >= 0.3 is 6.18 Å². The van der Waals surface area contributed by atoms with Crippen molar-refractivity contribution in [2.45, 2.75) is 17.1 Å². The number of carbonyl (C=O) groups excluding carboxylic acids is 1. The van der Waals surface area contributed by atoms with Gasteiger partial charge in [0.25, 0.3) is 0 Å². The molecule has 2 fully saturated rings. The van der Waals surface area contributed by atoms with Gasteiger partial charge in [-0.1, -0.05) is 0 Å². The molecule has 6 nitrogen and oxygen atoms in total. The van der Waals surface area contributed by atoms with Crippen molar-refractivity contribution >= 4 is 15.9 Å². The number of benzene rings is 1. The van der Waals surface area contributed by atoms with Gasteiger partial charge in [-0.05, 0) is 24.3 Å². The quantitative estimate of drug-likeness (QED) is 0.783. The first kappa shape index (κ1) is 17.2. The minimum Gasteiger partial charge on any atom is -0.369 e. The molecule has 132 valence electrons. The Hall–Kier alpha value is -1.65. The number of hydrogen-bond acceptors (Lipinski definition) is 4. The summed E-state index contributed by atoms with van der Waals surface area (Å²) < 4.78 is 69.3. The van der Waals surface area contributed by atoms with Crippen molar-refractivity contribution in [2.24, 2.45) is 0 Å². The average molecular weight is 364 g/mol. The third-order valence-corrected chi connectivity index (χ3v) is 6.00. The van der Waals surface area contributed by atoms with Gasteiger partial charge in [0, 0.05) is 19.6 Å². The molecule has 1 aromatic carbocycles. The smallest absolute Gasteiger partial charge is 0.369 e. The summed E-state index contributed by atoms with van der Waals surface area (Å²) in [5, 5.41) is 0. The number of amides is 1. The molecule has 2 aliphatic rings. The summed E-state index contributed by atoms with van der Waals surface area (Å²) in [6.45, 7) is 0.639. The Morgan fingerprint density at radius 2 is 1.79 bits per heavy atom. The Kier molecular flexibility index (Phi) is 4.30. The van der Waals surface area contributed by atoms with Crippen LogP contribution in [0.4, 0.5) is 13.2 Å². The van der Waals surface area contributed by atoms with E-state index in [1.165, 1.54) is 4.31 Å². The zero-order chi connectivity index (χ0) is 17.5. The maximum Gasteiger partial charge on any atom is 0.416 e. The Balaban J connectivity index is 1.80. The highest BCUT2D eigenvalue weighted by Crippen LogP contribution is 2.30. The monoisotopic (exact) mass is 364 g/mol. The van der Waals surface area contributed by atoms with E-state index in [1.54, 1.807) is 4.90 Å². The van der Waals surface area contributed by atoms with Crippen LogP contribution in [0.1, 0.15) is 5.56 Å². The molecular weight excluding hydrogens is 349 g/mol. The predicted octanol–water partition coefficient (Wildman–Crippen LogP) is 0.937. The first-order valence-corrected chi connectivity index (χ1v) is 8.68. The van der Waals surface area contributed by atoms with Crippen LogP contribution in [-0.2, 0) is 25.7 Å². The molecule has 0 N–H and O–H groups in total. The fourth-order valence-electron chi connectivity index (χ4n) is 2.85. The van der Waals surface area contributed by atoms with Crippen LogP contribution in [0.5, 0.6) is 0 Å². The molecule has 0 aromatic heterocycles. The number of alkyl halides is 3. The van der Waals surface area contributed by atoms with E-state index in [1.807, 2.05) is 0 Å². The van der Waals surface area contributed by atoms with E-state index in [0.29, 0.717) is 0 Å². The Morgan fingerprint density at radius 1 is 1.12 bits per heavy atom. The number of fused-ring (bicyclic) bond motifs is 1. The fourth-order valence-corrected chi connectivity index (χ4v) is 4.31. The van der Waals surface area contributed by atoms with Crippen molar-refractivity contribution in [3.05, 3.63) is 29.8 Å². The van der Waals surface area contributed by atoms with E-state index < -0.39 is 21.8 Å². The molecule has 1 amide bonds. The van der Waals surface area contributed by atoms with Crippen LogP contribution in [0.15, 0.2) is 29.2 Å². The van der Waals surface area contributed by atoms with Crippen LogP contribution in [0, 0.1) is 0 Å². The molecule has 1 aromatic rings. The minimum atomic E-state index is -4.52. The number of nitrogens with zero attached hydrogens (tertiary/aromatic N) is 2. The fraction of sp³-hybridized carbons (Fsp3) is 0.500. The number of ether oxygens (including phenoxy) is 1. The first-order valence-electron chi connectivity index (χ1n) is 7.24. The van der Waals surface area contributed by atoms with Gasteiger partial charge in [0.05, 0.1) is 23.1 Å². The van der Waals surface area contributed by atoms with Gasteiger partial charge < -0.3 is 9.64 Å². The lowest BCUT2D eigenvalue weighted by molar-refractivity contribution is -0.150. The molecule has 0 unspecified atom stereocenters. The van der Waals surface area contributed by atoms with E-state index >= 15 is 0 Å². The third kappa shape index (κ3) is 3.13. The normalized spacial score (nSPS) is 23.2. The number of sulfonamides is 1. The molecule has 0 radical (unpaired) electrons. The second kappa shape index (κ2) is 6.01. The number of halogens is 3. The van der Waals surface area contributed by atoms with Gasteiger partial charge in [-0.3, -0.25) is 4.79 Å². The van der Waals surface area contributed by atoms with E-state index in [9.17, 15) is 26.4 Å². The molecule has 2 aliphatic heterocycles. The zero-order valence-electron chi connectivity index (χ0n) is 12.5. The van der Waals surface area contributed by atoms with Crippen molar-refractivity contribution in [1.82, 2.24) is 9.21 Å². The molecule has 0 bridgehead atoms. The molecule has 2 heterocycles. The molecule has 0 saturated carbocycles. The highest BCUT2D eigenvalue weighted by Gasteiger charge is 2.38. The highest BCUT2D eigenvalue weighted by atomic mass is 32.2. The Labute approximate surface area is 136 Å². The first-order chi connectivity index (χ1) is 11.2. The summed E-state index contributed by atoms with van der Waals surface area (Å²) in [7, 11) is -3.92. The third-order valence-electron chi connectivity index (χ3n) is 4.12. The number of piperazine rings is 1. The van der Waals surface area contributed by atoms with Gasteiger partial charge in [0.15, 0.2) is 0 Å². The van der Waals surface area contributed by atoms with Gasteiger partial charge in [-0.15, -0.1) is 0 Å². The lowest BCUT2D eigenvalue weighted by Crippen LogP contribution is -2.61. The Bertz CT molecular complexity index is 733. The van der Waals surface area contributed by atoms with Crippen LogP contribution in [0.2, 0.25) is 0 Å². The van der Waals surface area contributed by atoms with E-state index in [-0.39, 0.29) is 49.7 Å². The van der Waals surface area contributed by atoms with Crippen molar-refractivity contribution in [3.8, 4) is 0 Å². The standard InChI is InChI=1S/C14H15F3N2O4S/c15-14(16,17)10-1-3-12(4-2-10)24(21,22)18-5-6-19-11(7-18)8-23-9-13(19)20/h1-4,11H,5-9H2/t11-/m0/s1. The highest BCUT2D eigenvalue weighted by molar-refractivity contribution is 7.89. The summed E-state index contributed by atoms with van der Waals surface area (Å²) in [5.74, 6) is -0.183. The van der Waals surface area contributed by atoms with E-state index in [0.717, 1.165) is 24.3 Å². The maximum atomic E-state index is 12.6. The number of morpholine rings is 1. The number of carbonyl (C=O) groups is 1. The zero-order valence-corrected chi connectivity index (χ0v) is 13.3. The summed E-state index contributed by atoms with van der Waals surface area (Å²) in [6, 6.07) is 3.02. The van der Waals surface area contributed by atoms with Crippen LogP contribution in [-0.4, -0.2) is 62.4 Å². The summed E-state index contributed by atoms with van der Waals surface area (Å²) in [6.07, 6.45) is -4.52. The van der Waals surface area contributed by atoms with Crippen LogP contribution < -0.4 is 0 Å². The van der Waals surface area contributed by atoms with Crippen molar-refractivity contribution < 1.29 is 31.1 Å². The summed E-state index contributed by atoms with van der Waals surface area (Å²) >= 11 is 0. The average Bonchev–Trinajstić information content (AvgIpc) is 2.54. The maximum absolute atomic E-state index is 12.6. The van der Waals surface area contributed by atoms with Gasteiger partial charge in [-0.25, -0.2) is 8.42 Å². The lowest BCUT2D eigenvalue weighted by atomic mass is 10.2. The van der Waals surface area contributed by atoms with Crippen molar-refractivity contribution in [3.63, 3.8) is 0 Å². The van der Waals surface area contributed by atoms with Crippen LogP contribution in [0.25, 0.3) is 0 Å². The second-order valence-corrected chi connectivity index (χ2v) is 7.58. The van der Waals surface area contributed by atoms with Gasteiger partial charge in [0.1, 0.15) is 6.61 Å². The molecule has 2 saturated heterocycles. The Morgan fingerprint density at radius 3 is 2.42 bits per heavy atom. The predicted molar refractivity (Wildman–Crippen MR) is 76.5 cm³/mol. The molecule has 3 rings (SSSR count). The largest absolute Gasteiger partial charge is 0.416 e.